The highest BCUT2D eigenvalue weighted by Gasteiger charge is 2.26. The van der Waals surface area contributed by atoms with E-state index in [2.05, 4.69) is 48.0 Å². The minimum absolute atomic E-state index is 0.0786. The molecule has 2 rings (SSSR count). The van der Waals surface area contributed by atoms with Gasteiger partial charge in [0.25, 0.3) is 0 Å². The Morgan fingerprint density at radius 3 is 2.39 bits per heavy atom. The maximum Gasteiger partial charge on any atom is 0.0948 e. The maximum absolute atomic E-state index is 5.98. The first-order valence-electron chi connectivity index (χ1n) is 6.37. The molecule has 1 unspecified atom stereocenters. The Balaban J connectivity index is 2.24. The topological polar surface area (TPSA) is 32.5 Å². The molecule has 1 aromatic carbocycles. The molecule has 1 heterocycles. The molecule has 0 amide bonds. The van der Waals surface area contributed by atoms with Crippen molar-refractivity contribution in [1.82, 2.24) is 9.80 Å². The fourth-order valence-corrected chi connectivity index (χ4v) is 2.78. The van der Waals surface area contributed by atoms with Crippen molar-refractivity contribution in [3.05, 3.63) is 35.4 Å². The first-order chi connectivity index (χ1) is 8.59. The van der Waals surface area contributed by atoms with Gasteiger partial charge in [-0.15, -0.1) is 0 Å². The van der Waals surface area contributed by atoms with Crippen molar-refractivity contribution in [2.24, 2.45) is 5.73 Å². The van der Waals surface area contributed by atoms with E-state index in [1.165, 1.54) is 11.1 Å². The van der Waals surface area contributed by atoms with Crippen LogP contribution in [-0.2, 0) is 0 Å². The Hall–Kier alpha value is -0.970. The second-order valence-electron chi connectivity index (χ2n) is 5.00. The van der Waals surface area contributed by atoms with Crippen LogP contribution in [0.4, 0.5) is 0 Å². The van der Waals surface area contributed by atoms with E-state index in [9.17, 15) is 0 Å². The van der Waals surface area contributed by atoms with Crippen molar-refractivity contribution in [2.75, 3.05) is 33.2 Å². The lowest BCUT2D eigenvalue weighted by molar-refractivity contribution is 0.137. The van der Waals surface area contributed by atoms with Gasteiger partial charge < -0.3 is 10.6 Å². The summed E-state index contributed by atoms with van der Waals surface area (Å²) in [6, 6.07) is 8.45. The van der Waals surface area contributed by atoms with Crippen LogP contribution in [0, 0.1) is 6.92 Å². The van der Waals surface area contributed by atoms with Crippen molar-refractivity contribution in [2.45, 2.75) is 13.0 Å². The number of nitrogens with two attached hydrogens (primary N) is 1. The van der Waals surface area contributed by atoms with Gasteiger partial charge in [0.1, 0.15) is 0 Å². The summed E-state index contributed by atoms with van der Waals surface area (Å²) in [5.41, 5.74) is 8.48. The Labute approximate surface area is 115 Å². The van der Waals surface area contributed by atoms with Crippen LogP contribution in [0.5, 0.6) is 0 Å². The number of benzene rings is 1. The second-order valence-corrected chi connectivity index (χ2v) is 5.47. The van der Waals surface area contributed by atoms with Crippen LogP contribution < -0.4 is 5.73 Å². The summed E-state index contributed by atoms with van der Waals surface area (Å²) >= 11 is 5.29. The molecule has 0 radical (unpaired) electrons. The molecule has 0 aliphatic carbocycles. The van der Waals surface area contributed by atoms with E-state index in [1.807, 2.05) is 0 Å². The molecule has 0 spiro atoms. The summed E-state index contributed by atoms with van der Waals surface area (Å²) in [7, 11) is 2.15. The fraction of sp³-hybridized carbons (Fsp3) is 0.500. The van der Waals surface area contributed by atoms with Gasteiger partial charge in [0.05, 0.1) is 11.0 Å². The number of likely N-dealkylation sites (N-methyl/N-ethyl adjacent to an activating group) is 1. The van der Waals surface area contributed by atoms with E-state index >= 15 is 0 Å². The van der Waals surface area contributed by atoms with Gasteiger partial charge in [-0.3, -0.25) is 4.90 Å². The largest absolute Gasteiger partial charge is 0.392 e. The molecule has 1 aliphatic heterocycles. The number of nitrogens with zero attached hydrogens (tertiary/aromatic N) is 2. The predicted octanol–water partition coefficient (Wildman–Crippen LogP) is 1.57. The molecule has 1 aliphatic rings. The molecular formula is C14H21N3S. The van der Waals surface area contributed by atoms with Crippen molar-refractivity contribution in [3.63, 3.8) is 0 Å². The van der Waals surface area contributed by atoms with Crippen LogP contribution in [0.25, 0.3) is 0 Å². The smallest absolute Gasteiger partial charge is 0.0948 e. The molecule has 1 saturated heterocycles. The summed E-state index contributed by atoms with van der Waals surface area (Å²) < 4.78 is 0. The second kappa shape index (κ2) is 5.78. The van der Waals surface area contributed by atoms with E-state index in [-0.39, 0.29) is 6.04 Å². The van der Waals surface area contributed by atoms with Crippen molar-refractivity contribution < 1.29 is 0 Å². The Morgan fingerprint density at radius 1 is 1.22 bits per heavy atom. The van der Waals surface area contributed by atoms with E-state index in [0.717, 1.165) is 26.2 Å². The zero-order valence-electron chi connectivity index (χ0n) is 11.1. The zero-order chi connectivity index (χ0) is 13.1. The van der Waals surface area contributed by atoms with Crippen molar-refractivity contribution in [3.8, 4) is 0 Å². The molecule has 0 aromatic heterocycles. The standard InChI is InChI=1S/C14H21N3S/c1-11-5-3-4-6-12(11)13(14(15)18)17-9-7-16(2)8-10-17/h3-6,13H,7-10H2,1-2H3,(H2,15,18). The number of aryl methyl sites for hydroxylation is 1. The molecule has 18 heavy (non-hydrogen) atoms. The maximum atomic E-state index is 5.98. The highest BCUT2D eigenvalue weighted by Crippen LogP contribution is 2.25. The third-order valence-electron chi connectivity index (χ3n) is 3.66. The molecular weight excluding hydrogens is 242 g/mol. The van der Waals surface area contributed by atoms with Gasteiger partial charge in [0.15, 0.2) is 0 Å². The minimum atomic E-state index is 0.0786. The van der Waals surface area contributed by atoms with Crippen LogP contribution in [0.1, 0.15) is 17.2 Å². The lowest BCUT2D eigenvalue weighted by Crippen LogP contribution is -2.48. The lowest BCUT2D eigenvalue weighted by atomic mass is 9.99. The highest BCUT2D eigenvalue weighted by molar-refractivity contribution is 7.80. The third kappa shape index (κ3) is 2.88. The Kier molecular flexibility index (Phi) is 4.32. The first kappa shape index (κ1) is 13.5. The molecule has 98 valence electrons. The zero-order valence-corrected chi connectivity index (χ0v) is 11.9. The van der Waals surface area contributed by atoms with Crippen molar-refractivity contribution >= 4 is 17.2 Å². The monoisotopic (exact) mass is 263 g/mol. The van der Waals surface area contributed by atoms with Crippen LogP contribution >= 0.6 is 12.2 Å². The van der Waals surface area contributed by atoms with Gasteiger partial charge in [-0.05, 0) is 25.1 Å². The normalized spacial score (nSPS) is 19.7. The van der Waals surface area contributed by atoms with Gasteiger partial charge >= 0.3 is 0 Å². The average molecular weight is 263 g/mol. The van der Waals surface area contributed by atoms with Crippen LogP contribution in [0.3, 0.4) is 0 Å². The molecule has 1 fully saturated rings. The van der Waals surface area contributed by atoms with E-state index in [4.69, 9.17) is 18.0 Å². The molecule has 0 bridgehead atoms. The number of piperazine rings is 1. The molecule has 1 aromatic rings. The number of hydrogen-bond acceptors (Lipinski definition) is 3. The van der Waals surface area contributed by atoms with Gasteiger partial charge in [0.2, 0.25) is 0 Å². The fourth-order valence-electron chi connectivity index (χ4n) is 2.50. The minimum Gasteiger partial charge on any atom is -0.392 e. The number of hydrogen-bond donors (Lipinski definition) is 1. The first-order valence-corrected chi connectivity index (χ1v) is 6.78. The van der Waals surface area contributed by atoms with E-state index in [0.29, 0.717) is 4.99 Å². The molecule has 4 heteroatoms. The molecule has 3 nitrogen and oxygen atoms in total. The predicted molar refractivity (Wildman–Crippen MR) is 79.8 cm³/mol. The van der Waals surface area contributed by atoms with Crippen LogP contribution in [-0.4, -0.2) is 48.0 Å². The summed E-state index contributed by atoms with van der Waals surface area (Å²) in [5.74, 6) is 0. The Bertz CT molecular complexity index is 425. The van der Waals surface area contributed by atoms with E-state index in [1.54, 1.807) is 0 Å². The number of rotatable bonds is 3. The molecule has 1 atom stereocenters. The molecule has 2 N–H and O–H groups in total. The Morgan fingerprint density at radius 2 is 1.83 bits per heavy atom. The van der Waals surface area contributed by atoms with Crippen molar-refractivity contribution in [1.29, 1.82) is 0 Å². The van der Waals surface area contributed by atoms with E-state index < -0.39 is 0 Å². The number of thiocarbonyl (C=S) groups is 1. The highest BCUT2D eigenvalue weighted by atomic mass is 32.1. The van der Waals surface area contributed by atoms with Gasteiger partial charge in [-0.25, -0.2) is 0 Å². The average Bonchev–Trinajstić information content (AvgIpc) is 2.34. The summed E-state index contributed by atoms with van der Waals surface area (Å²) in [4.78, 5) is 5.31. The molecule has 0 saturated carbocycles. The van der Waals surface area contributed by atoms with Gasteiger partial charge in [-0.2, -0.15) is 0 Å². The lowest BCUT2D eigenvalue weighted by Gasteiger charge is -2.38. The summed E-state index contributed by atoms with van der Waals surface area (Å²) in [6.45, 7) is 6.31. The van der Waals surface area contributed by atoms with Crippen LogP contribution in [0.15, 0.2) is 24.3 Å². The third-order valence-corrected chi connectivity index (χ3v) is 3.88. The summed E-state index contributed by atoms with van der Waals surface area (Å²) in [6.07, 6.45) is 0. The van der Waals surface area contributed by atoms with Gasteiger partial charge in [-0.1, -0.05) is 36.5 Å². The quantitative estimate of drug-likeness (QED) is 0.839. The van der Waals surface area contributed by atoms with Crippen LogP contribution in [0.2, 0.25) is 0 Å². The SMILES string of the molecule is Cc1ccccc1C(C(N)=S)N1CCN(C)CC1. The summed E-state index contributed by atoms with van der Waals surface area (Å²) in [5, 5.41) is 0. The van der Waals surface area contributed by atoms with Gasteiger partial charge in [0, 0.05) is 26.2 Å².